The van der Waals surface area contributed by atoms with E-state index in [1.54, 1.807) is 18.2 Å². The lowest BCUT2D eigenvalue weighted by Gasteiger charge is -2.21. The molecule has 0 fully saturated rings. The summed E-state index contributed by atoms with van der Waals surface area (Å²) < 4.78 is 45.9. The summed E-state index contributed by atoms with van der Waals surface area (Å²) in [7, 11) is -4.09. The third-order valence-electron chi connectivity index (χ3n) is 3.69. The number of nitrogens with one attached hydrogen (secondary N) is 1. The van der Waals surface area contributed by atoms with Crippen molar-refractivity contribution in [1.29, 1.82) is 0 Å². The highest BCUT2D eigenvalue weighted by atomic mass is 32.2. The number of benzene rings is 2. The molecular formula is C17H16FNO4S. The lowest BCUT2D eigenvalue weighted by Crippen LogP contribution is -2.38. The Kier molecular flexibility index (Phi) is 4.16. The molecule has 0 radical (unpaired) electrons. The van der Waals surface area contributed by atoms with Gasteiger partial charge in [-0.05, 0) is 31.2 Å². The quantitative estimate of drug-likeness (QED) is 0.742. The summed E-state index contributed by atoms with van der Waals surface area (Å²) in [6.45, 7) is 1.07. The van der Waals surface area contributed by atoms with Crippen LogP contribution >= 0.6 is 0 Å². The lowest BCUT2D eigenvalue weighted by molar-refractivity contribution is 0.0411. The molecule has 0 aliphatic rings. The topological polar surface area (TPSA) is 79.5 Å². The van der Waals surface area contributed by atoms with Gasteiger partial charge in [0.15, 0.2) is 0 Å². The summed E-state index contributed by atoms with van der Waals surface area (Å²) in [6.07, 6.45) is 0. The summed E-state index contributed by atoms with van der Waals surface area (Å²) in [4.78, 5) is -0.467. The summed E-state index contributed by atoms with van der Waals surface area (Å²) in [5.74, 6) is -0.631. The van der Waals surface area contributed by atoms with Crippen LogP contribution in [0.2, 0.25) is 0 Å². The van der Waals surface area contributed by atoms with Crippen LogP contribution in [0.5, 0.6) is 0 Å². The van der Waals surface area contributed by atoms with Gasteiger partial charge in [-0.1, -0.05) is 30.3 Å². The van der Waals surface area contributed by atoms with E-state index in [-0.39, 0.29) is 12.3 Å². The van der Waals surface area contributed by atoms with Crippen molar-refractivity contribution < 1.29 is 22.3 Å². The average molecular weight is 349 g/mol. The van der Waals surface area contributed by atoms with E-state index in [2.05, 4.69) is 4.72 Å². The number of fused-ring (bicyclic) bond motifs is 1. The predicted molar refractivity (Wildman–Crippen MR) is 87.4 cm³/mol. The number of rotatable bonds is 5. The number of sulfonamides is 1. The first-order valence-electron chi connectivity index (χ1n) is 7.25. The minimum Gasteiger partial charge on any atom is -0.458 e. The van der Waals surface area contributed by atoms with Gasteiger partial charge in [-0.25, -0.2) is 17.5 Å². The van der Waals surface area contributed by atoms with Crippen molar-refractivity contribution in [2.24, 2.45) is 0 Å². The molecule has 0 aliphatic heterocycles. The standard InChI is InChI=1S/C17H16FNO4S/c1-17(20,16-10-12-6-2-4-8-14(12)23-16)11-19-24(21,22)15-9-5-3-7-13(15)18/h2-10,19-20H,11H2,1H3. The molecule has 3 aromatic rings. The second-order valence-corrected chi connectivity index (χ2v) is 7.41. The van der Waals surface area contributed by atoms with Gasteiger partial charge < -0.3 is 9.52 Å². The molecule has 0 aliphatic carbocycles. The molecule has 3 rings (SSSR count). The molecule has 2 aromatic carbocycles. The van der Waals surface area contributed by atoms with Crippen LogP contribution in [0.15, 0.2) is 63.9 Å². The molecule has 1 unspecified atom stereocenters. The third kappa shape index (κ3) is 3.19. The summed E-state index contributed by atoms with van der Waals surface area (Å²) in [5.41, 5.74) is -0.998. The van der Waals surface area contributed by atoms with Crippen molar-refractivity contribution in [3.8, 4) is 0 Å². The minimum absolute atomic E-state index is 0.222. The Morgan fingerprint density at radius 2 is 1.83 bits per heavy atom. The van der Waals surface area contributed by atoms with Crippen LogP contribution in [0.4, 0.5) is 4.39 Å². The fourth-order valence-corrected chi connectivity index (χ4v) is 3.52. The molecule has 2 N–H and O–H groups in total. The van der Waals surface area contributed by atoms with Gasteiger partial charge in [0.2, 0.25) is 10.0 Å². The van der Waals surface area contributed by atoms with Crippen molar-refractivity contribution in [2.45, 2.75) is 17.4 Å². The summed E-state index contributed by atoms with van der Waals surface area (Å²) in [5, 5.41) is 11.3. The Morgan fingerprint density at radius 1 is 1.17 bits per heavy atom. The van der Waals surface area contributed by atoms with Gasteiger partial charge in [-0.3, -0.25) is 0 Å². The summed E-state index contributed by atoms with van der Waals surface area (Å²) in [6, 6.07) is 13.9. The van der Waals surface area contributed by atoms with E-state index in [0.717, 1.165) is 17.5 Å². The van der Waals surface area contributed by atoms with Gasteiger partial charge in [-0.2, -0.15) is 0 Å². The number of furan rings is 1. The molecule has 1 aromatic heterocycles. The van der Waals surface area contributed by atoms with Gasteiger partial charge in [0.1, 0.15) is 27.7 Å². The maximum atomic E-state index is 13.7. The zero-order chi connectivity index (χ0) is 17.4. The van der Waals surface area contributed by atoms with Gasteiger partial charge in [0.25, 0.3) is 0 Å². The van der Waals surface area contributed by atoms with Crippen LogP contribution in [0.3, 0.4) is 0 Å². The second kappa shape index (κ2) is 6.01. The van der Waals surface area contributed by atoms with Crippen molar-refractivity contribution in [1.82, 2.24) is 4.72 Å². The highest BCUT2D eigenvalue weighted by molar-refractivity contribution is 7.89. The van der Waals surface area contributed by atoms with Gasteiger partial charge >= 0.3 is 0 Å². The van der Waals surface area contributed by atoms with Gasteiger partial charge in [0.05, 0.1) is 0 Å². The highest BCUT2D eigenvalue weighted by Gasteiger charge is 2.30. The fraction of sp³-hybridized carbons (Fsp3) is 0.176. The number of para-hydroxylation sites is 1. The fourth-order valence-electron chi connectivity index (χ4n) is 2.31. The van der Waals surface area contributed by atoms with E-state index in [9.17, 15) is 17.9 Å². The minimum atomic E-state index is -4.09. The number of halogens is 1. The maximum Gasteiger partial charge on any atom is 0.243 e. The average Bonchev–Trinajstić information content (AvgIpc) is 2.98. The van der Waals surface area contributed by atoms with Crippen molar-refractivity contribution in [3.05, 3.63) is 66.2 Å². The molecule has 0 amide bonds. The Bertz CT molecular complexity index is 946. The molecule has 7 heteroatoms. The zero-order valence-electron chi connectivity index (χ0n) is 12.9. The predicted octanol–water partition coefficient (Wildman–Crippen LogP) is 2.76. The molecule has 1 atom stereocenters. The van der Waals surface area contributed by atoms with Crippen LogP contribution in [0, 0.1) is 5.82 Å². The Balaban J connectivity index is 1.83. The molecule has 126 valence electrons. The van der Waals surface area contributed by atoms with Crippen LogP contribution in [0.1, 0.15) is 12.7 Å². The monoisotopic (exact) mass is 349 g/mol. The van der Waals surface area contributed by atoms with Crippen LogP contribution in [-0.2, 0) is 15.6 Å². The molecule has 24 heavy (non-hydrogen) atoms. The van der Waals surface area contributed by atoms with Crippen LogP contribution < -0.4 is 4.72 Å². The van der Waals surface area contributed by atoms with Crippen molar-refractivity contribution >= 4 is 21.0 Å². The smallest absolute Gasteiger partial charge is 0.243 e. The molecule has 1 heterocycles. The normalized spacial score (nSPS) is 14.6. The van der Waals surface area contributed by atoms with E-state index < -0.39 is 26.3 Å². The van der Waals surface area contributed by atoms with Crippen molar-refractivity contribution in [2.75, 3.05) is 6.54 Å². The second-order valence-electron chi connectivity index (χ2n) is 5.68. The zero-order valence-corrected chi connectivity index (χ0v) is 13.7. The molecule has 5 nitrogen and oxygen atoms in total. The number of hydrogen-bond acceptors (Lipinski definition) is 4. The first-order valence-corrected chi connectivity index (χ1v) is 8.73. The van der Waals surface area contributed by atoms with Gasteiger partial charge in [-0.15, -0.1) is 0 Å². The van der Waals surface area contributed by atoms with Crippen molar-refractivity contribution in [3.63, 3.8) is 0 Å². The van der Waals surface area contributed by atoms with Gasteiger partial charge in [0, 0.05) is 11.9 Å². The van der Waals surface area contributed by atoms with E-state index in [1.165, 1.54) is 19.1 Å². The molecule has 0 saturated heterocycles. The first-order chi connectivity index (χ1) is 11.3. The lowest BCUT2D eigenvalue weighted by atomic mass is 10.0. The largest absolute Gasteiger partial charge is 0.458 e. The van der Waals surface area contributed by atoms with E-state index in [4.69, 9.17) is 4.42 Å². The van der Waals surface area contributed by atoms with E-state index in [1.807, 2.05) is 12.1 Å². The highest BCUT2D eigenvalue weighted by Crippen LogP contribution is 2.28. The molecule has 0 saturated carbocycles. The SMILES string of the molecule is CC(O)(CNS(=O)(=O)c1ccccc1F)c1cc2ccccc2o1. The van der Waals surface area contributed by atoms with E-state index >= 15 is 0 Å². The molecular weight excluding hydrogens is 333 g/mol. The maximum absolute atomic E-state index is 13.7. The first kappa shape index (κ1) is 16.6. The number of aliphatic hydroxyl groups is 1. The Labute approximate surface area is 138 Å². The molecule has 0 spiro atoms. The van der Waals surface area contributed by atoms with Crippen LogP contribution in [0.25, 0.3) is 11.0 Å². The molecule has 0 bridgehead atoms. The third-order valence-corrected chi connectivity index (χ3v) is 5.12. The Hall–Kier alpha value is -2.22. The van der Waals surface area contributed by atoms with E-state index in [0.29, 0.717) is 5.58 Å². The Morgan fingerprint density at radius 3 is 2.54 bits per heavy atom. The summed E-state index contributed by atoms with van der Waals surface area (Å²) >= 11 is 0. The number of hydrogen-bond donors (Lipinski definition) is 2. The van der Waals surface area contributed by atoms with Crippen LogP contribution in [-0.4, -0.2) is 20.1 Å².